The van der Waals surface area contributed by atoms with Crippen LogP contribution in [0.2, 0.25) is 0 Å². The Morgan fingerprint density at radius 3 is 2.08 bits per heavy atom. The number of ether oxygens (including phenoxy) is 1. The average Bonchev–Trinajstić information content (AvgIpc) is 2.12. The molecule has 0 aromatic heterocycles. The fourth-order valence-corrected chi connectivity index (χ4v) is 1.30. The van der Waals surface area contributed by atoms with Crippen LogP contribution in [0.3, 0.4) is 0 Å². The Hall–Kier alpha value is -1.00. The van der Waals surface area contributed by atoms with Crippen LogP contribution >= 0.6 is 7.60 Å². The SMILES string of the molecule is COP(=O)(OC)C(=[N+]=[N-])OC(C)=O. The van der Waals surface area contributed by atoms with Crippen molar-refractivity contribution in [2.24, 2.45) is 0 Å². The lowest BCUT2D eigenvalue weighted by Crippen LogP contribution is -2.13. The number of esters is 1. The molecule has 0 saturated carbocycles. The van der Waals surface area contributed by atoms with E-state index in [4.69, 9.17) is 5.53 Å². The highest BCUT2D eigenvalue weighted by Gasteiger charge is 2.42. The average molecular weight is 208 g/mol. The summed E-state index contributed by atoms with van der Waals surface area (Å²) in [6, 6.07) is 0. The second-order valence-corrected chi connectivity index (χ2v) is 3.95. The lowest BCUT2D eigenvalue weighted by atomic mass is 10.8. The van der Waals surface area contributed by atoms with E-state index in [1.807, 2.05) is 0 Å². The summed E-state index contributed by atoms with van der Waals surface area (Å²) in [5.74, 6) is -0.790. The van der Waals surface area contributed by atoms with Gasteiger partial charge in [-0.2, -0.15) is 0 Å². The van der Waals surface area contributed by atoms with E-state index in [0.29, 0.717) is 0 Å². The minimum Gasteiger partial charge on any atom is -0.356 e. The maximum atomic E-state index is 11.4. The fraction of sp³-hybridized carbons (Fsp3) is 0.600. The van der Waals surface area contributed by atoms with Crippen LogP contribution in [0.5, 0.6) is 0 Å². The Bertz CT molecular complexity index is 287. The minimum atomic E-state index is -3.79. The molecule has 0 aromatic carbocycles. The molecule has 0 amide bonds. The van der Waals surface area contributed by atoms with Gasteiger partial charge in [0.2, 0.25) is 0 Å². The summed E-state index contributed by atoms with van der Waals surface area (Å²) in [7, 11) is -1.65. The highest BCUT2D eigenvalue weighted by atomic mass is 31.2. The van der Waals surface area contributed by atoms with Gasteiger partial charge in [-0.25, -0.2) is 4.57 Å². The predicted octanol–water partition coefficient (Wildman–Crippen LogP) is 0.621. The van der Waals surface area contributed by atoms with Crippen LogP contribution in [0.1, 0.15) is 6.92 Å². The van der Waals surface area contributed by atoms with E-state index in [0.717, 1.165) is 21.1 Å². The molecular formula is C5H9N2O5P. The number of hydrogen-bond acceptors (Lipinski definition) is 5. The highest BCUT2D eigenvalue weighted by Crippen LogP contribution is 2.47. The van der Waals surface area contributed by atoms with Gasteiger partial charge in [0, 0.05) is 21.1 Å². The zero-order valence-electron chi connectivity index (χ0n) is 7.38. The molecule has 8 heteroatoms. The van der Waals surface area contributed by atoms with Crippen LogP contribution in [0.25, 0.3) is 5.53 Å². The topological polar surface area (TPSA) is 98.2 Å². The van der Waals surface area contributed by atoms with Gasteiger partial charge in [-0.1, -0.05) is 0 Å². The first-order chi connectivity index (χ1) is 6.00. The van der Waals surface area contributed by atoms with Crippen LogP contribution < -0.4 is 0 Å². The third-order valence-corrected chi connectivity index (χ3v) is 2.65. The Labute approximate surface area is 74.7 Å². The molecule has 0 saturated heterocycles. The van der Waals surface area contributed by atoms with Gasteiger partial charge in [0.25, 0.3) is 0 Å². The lowest BCUT2D eigenvalue weighted by Gasteiger charge is -2.06. The number of rotatable bonds is 3. The van der Waals surface area contributed by atoms with Gasteiger partial charge in [-0.15, -0.1) is 4.79 Å². The molecule has 7 nitrogen and oxygen atoms in total. The van der Waals surface area contributed by atoms with Crippen LogP contribution in [-0.2, 0) is 23.1 Å². The van der Waals surface area contributed by atoms with E-state index in [9.17, 15) is 9.36 Å². The van der Waals surface area contributed by atoms with Crippen molar-refractivity contribution in [2.45, 2.75) is 6.92 Å². The summed E-state index contributed by atoms with van der Waals surface area (Å²) in [6.45, 7) is 1.06. The molecule has 0 heterocycles. The van der Waals surface area contributed by atoms with Crippen LogP contribution in [-0.4, -0.2) is 30.6 Å². The Morgan fingerprint density at radius 2 is 1.85 bits per heavy atom. The zero-order chi connectivity index (χ0) is 10.5. The van der Waals surface area contributed by atoms with Gasteiger partial charge in [-0.3, -0.25) is 4.79 Å². The molecule has 0 atom stereocenters. The second kappa shape index (κ2) is 4.89. The standard InChI is InChI=1S/C5H9N2O5P/c1-4(8)12-5(7-6)13(9,10-2)11-3/h1-3H3. The van der Waals surface area contributed by atoms with Crippen molar-refractivity contribution in [3.05, 3.63) is 5.53 Å². The van der Waals surface area contributed by atoms with Gasteiger partial charge in [0.15, 0.2) is 0 Å². The first kappa shape index (κ1) is 12.0. The van der Waals surface area contributed by atoms with E-state index in [2.05, 4.69) is 18.6 Å². The first-order valence-electron chi connectivity index (χ1n) is 3.12. The fourth-order valence-electron chi connectivity index (χ4n) is 0.490. The van der Waals surface area contributed by atoms with E-state index < -0.39 is 19.2 Å². The smallest absolute Gasteiger partial charge is 0.356 e. The normalized spacial score (nSPS) is 10.4. The molecule has 0 aliphatic heterocycles. The van der Waals surface area contributed by atoms with Crippen molar-refractivity contribution < 1.29 is 27.9 Å². The zero-order valence-corrected chi connectivity index (χ0v) is 8.28. The van der Waals surface area contributed by atoms with E-state index in [1.54, 1.807) is 0 Å². The highest BCUT2D eigenvalue weighted by molar-refractivity contribution is 7.71. The van der Waals surface area contributed by atoms with Crippen molar-refractivity contribution in [1.82, 2.24) is 0 Å². The molecule has 0 unspecified atom stereocenters. The Balaban J connectivity index is 4.88. The summed E-state index contributed by atoms with van der Waals surface area (Å²) >= 11 is 0. The van der Waals surface area contributed by atoms with E-state index in [-0.39, 0.29) is 0 Å². The van der Waals surface area contributed by atoms with Crippen LogP contribution in [0, 0.1) is 0 Å². The molecule has 0 radical (unpaired) electrons. The molecule has 13 heavy (non-hydrogen) atoms. The van der Waals surface area contributed by atoms with Gasteiger partial charge < -0.3 is 19.3 Å². The third-order valence-electron chi connectivity index (χ3n) is 1.04. The van der Waals surface area contributed by atoms with Gasteiger partial charge in [-0.05, 0) is 0 Å². The number of carbonyl (C=O) groups is 1. The summed E-state index contributed by atoms with van der Waals surface area (Å²) in [4.78, 5) is 12.9. The van der Waals surface area contributed by atoms with Crippen molar-refractivity contribution in [3.63, 3.8) is 0 Å². The number of nitrogens with zero attached hydrogens (tertiary/aromatic N) is 2. The third kappa shape index (κ3) is 3.08. The molecule has 0 fully saturated rings. The molecule has 0 spiro atoms. The largest absolute Gasteiger partial charge is 0.568 e. The second-order valence-electron chi connectivity index (χ2n) is 1.84. The molecule has 0 N–H and O–H groups in total. The van der Waals surface area contributed by atoms with Crippen LogP contribution in [0.15, 0.2) is 0 Å². The number of carbonyl (C=O) groups excluding carboxylic acids is 1. The maximum Gasteiger partial charge on any atom is 0.568 e. The van der Waals surface area contributed by atoms with Gasteiger partial charge in [0.05, 0.1) is 0 Å². The monoisotopic (exact) mass is 208 g/mol. The molecular weight excluding hydrogens is 199 g/mol. The summed E-state index contributed by atoms with van der Waals surface area (Å²) in [5.41, 5.74) is 7.56. The molecule has 0 bridgehead atoms. The number of hydrogen-bond donors (Lipinski definition) is 0. The van der Waals surface area contributed by atoms with Gasteiger partial charge >= 0.3 is 19.2 Å². The Kier molecular flexibility index (Phi) is 4.51. The molecule has 0 rings (SSSR count). The minimum absolute atomic E-state index is 0.787. The molecule has 0 aliphatic rings. The quantitative estimate of drug-likeness (QED) is 0.169. The van der Waals surface area contributed by atoms with Crippen molar-refractivity contribution in [2.75, 3.05) is 14.2 Å². The van der Waals surface area contributed by atoms with Crippen molar-refractivity contribution >= 4 is 19.2 Å². The Morgan fingerprint density at radius 1 is 1.38 bits per heavy atom. The summed E-state index contributed by atoms with van der Waals surface area (Å²) in [5, 5.41) is 0. The van der Waals surface area contributed by atoms with Crippen molar-refractivity contribution in [3.8, 4) is 0 Å². The maximum absolute atomic E-state index is 11.4. The van der Waals surface area contributed by atoms with E-state index >= 15 is 0 Å². The molecule has 74 valence electrons. The first-order valence-corrected chi connectivity index (χ1v) is 4.67. The lowest BCUT2D eigenvalue weighted by molar-refractivity contribution is -0.137. The summed E-state index contributed by atoms with van der Waals surface area (Å²) < 4.78 is 24.5. The van der Waals surface area contributed by atoms with Crippen molar-refractivity contribution in [1.29, 1.82) is 0 Å². The summed E-state index contributed by atoms with van der Waals surface area (Å²) in [6.07, 6.45) is 0. The molecule has 0 aromatic rings. The van der Waals surface area contributed by atoms with Crippen LogP contribution in [0.4, 0.5) is 0 Å². The van der Waals surface area contributed by atoms with Gasteiger partial charge in [0.1, 0.15) is 0 Å². The predicted molar refractivity (Wildman–Crippen MR) is 42.0 cm³/mol. The molecule has 0 aliphatic carbocycles. The van der Waals surface area contributed by atoms with E-state index in [1.165, 1.54) is 0 Å².